The average molecular weight is 350 g/mol. The van der Waals surface area contributed by atoms with E-state index in [2.05, 4.69) is 31.0 Å². The number of tetrazole rings is 1. The third kappa shape index (κ3) is 3.37. The number of hydrogen-bond donors (Lipinski definition) is 1. The molecule has 1 amide bonds. The van der Waals surface area contributed by atoms with Crippen LogP contribution in [0.25, 0.3) is 11.3 Å². The van der Waals surface area contributed by atoms with Gasteiger partial charge in [-0.25, -0.2) is 4.52 Å². The molecule has 132 valence electrons. The number of aromatic nitrogens is 7. The molecule has 4 aromatic rings. The van der Waals surface area contributed by atoms with Crippen molar-refractivity contribution in [3.8, 4) is 0 Å². The van der Waals surface area contributed by atoms with Crippen LogP contribution in [0.3, 0.4) is 0 Å². The van der Waals surface area contributed by atoms with Gasteiger partial charge in [0.05, 0.1) is 0 Å². The van der Waals surface area contributed by atoms with Gasteiger partial charge in [0.1, 0.15) is 5.82 Å². The molecule has 0 aliphatic rings. The predicted octanol–water partition coefficient (Wildman–Crippen LogP) is 1.31. The summed E-state index contributed by atoms with van der Waals surface area (Å²) < 4.78 is 3.53. The Labute approximate surface area is 149 Å². The molecule has 0 bridgehead atoms. The summed E-state index contributed by atoms with van der Waals surface area (Å²) in [6.07, 6.45) is 7.45. The van der Waals surface area contributed by atoms with Gasteiger partial charge in [0.2, 0.25) is 0 Å². The molecule has 26 heavy (non-hydrogen) atoms. The van der Waals surface area contributed by atoms with Crippen LogP contribution in [0.2, 0.25) is 0 Å². The standard InChI is InChI=1S/C17H18N8O/c26-17(13-8-11-25-16(12-13)21-22-23-25)18-9-4-1-2-6-14-19-20-15-7-3-5-10-24(14)15/h3,5,7-8,10-12H,1-2,4,6,9H2,(H,18,26). The maximum atomic E-state index is 12.2. The Morgan fingerprint density at radius 1 is 1.00 bits per heavy atom. The number of unbranched alkanes of at least 4 members (excludes halogenated alkanes) is 2. The molecule has 0 unspecified atom stereocenters. The third-order valence-electron chi connectivity index (χ3n) is 4.21. The fraction of sp³-hybridized carbons (Fsp3) is 0.294. The Hall–Kier alpha value is -3.36. The van der Waals surface area contributed by atoms with E-state index >= 15 is 0 Å². The number of pyridine rings is 2. The minimum atomic E-state index is -0.112. The number of nitrogens with zero attached hydrogens (tertiary/aromatic N) is 7. The third-order valence-corrected chi connectivity index (χ3v) is 4.21. The number of aryl methyl sites for hydroxylation is 1. The molecule has 9 nitrogen and oxygen atoms in total. The van der Waals surface area contributed by atoms with E-state index in [1.54, 1.807) is 18.3 Å². The first-order chi connectivity index (χ1) is 12.8. The molecule has 0 saturated carbocycles. The molecule has 0 aromatic carbocycles. The van der Waals surface area contributed by atoms with Gasteiger partial charge in [0, 0.05) is 30.9 Å². The van der Waals surface area contributed by atoms with Gasteiger partial charge in [-0.05, 0) is 47.5 Å². The van der Waals surface area contributed by atoms with Crippen LogP contribution in [-0.4, -0.2) is 47.1 Å². The van der Waals surface area contributed by atoms with E-state index in [-0.39, 0.29) is 5.91 Å². The molecule has 0 radical (unpaired) electrons. The van der Waals surface area contributed by atoms with Crippen molar-refractivity contribution in [3.05, 3.63) is 54.1 Å². The summed E-state index contributed by atoms with van der Waals surface area (Å²) in [5.74, 6) is 0.860. The van der Waals surface area contributed by atoms with Gasteiger partial charge in [-0.2, -0.15) is 0 Å². The quantitative estimate of drug-likeness (QED) is 0.504. The van der Waals surface area contributed by atoms with E-state index in [9.17, 15) is 4.79 Å². The maximum Gasteiger partial charge on any atom is 0.251 e. The molecule has 4 heterocycles. The predicted molar refractivity (Wildman–Crippen MR) is 93.7 cm³/mol. The van der Waals surface area contributed by atoms with Gasteiger partial charge in [0.25, 0.3) is 5.91 Å². The molecule has 4 rings (SSSR count). The Morgan fingerprint density at radius 2 is 1.96 bits per heavy atom. The van der Waals surface area contributed by atoms with Gasteiger partial charge in [-0.1, -0.05) is 12.5 Å². The van der Waals surface area contributed by atoms with Crippen molar-refractivity contribution in [1.29, 1.82) is 0 Å². The van der Waals surface area contributed by atoms with Crippen molar-refractivity contribution in [2.45, 2.75) is 25.7 Å². The molecule has 1 N–H and O–H groups in total. The number of hydrogen-bond acceptors (Lipinski definition) is 6. The lowest BCUT2D eigenvalue weighted by Gasteiger charge is -2.05. The van der Waals surface area contributed by atoms with Crippen molar-refractivity contribution < 1.29 is 4.79 Å². The van der Waals surface area contributed by atoms with Gasteiger partial charge >= 0.3 is 0 Å². The number of fused-ring (bicyclic) bond motifs is 2. The highest BCUT2D eigenvalue weighted by Gasteiger charge is 2.08. The molecule has 0 saturated heterocycles. The van der Waals surface area contributed by atoms with Crippen LogP contribution in [0.1, 0.15) is 35.4 Å². The zero-order valence-electron chi connectivity index (χ0n) is 14.1. The van der Waals surface area contributed by atoms with Gasteiger partial charge in [0.15, 0.2) is 11.3 Å². The second-order valence-corrected chi connectivity index (χ2v) is 6.01. The van der Waals surface area contributed by atoms with Crippen molar-refractivity contribution in [2.75, 3.05) is 6.54 Å². The van der Waals surface area contributed by atoms with Crippen LogP contribution < -0.4 is 5.32 Å². The van der Waals surface area contributed by atoms with E-state index in [1.165, 1.54) is 4.52 Å². The number of carbonyl (C=O) groups is 1. The Kier molecular flexibility index (Phi) is 4.50. The zero-order valence-corrected chi connectivity index (χ0v) is 14.1. The molecule has 9 heteroatoms. The molecule has 0 spiro atoms. The fourth-order valence-corrected chi connectivity index (χ4v) is 2.83. The van der Waals surface area contributed by atoms with E-state index in [0.717, 1.165) is 37.2 Å². The number of nitrogens with one attached hydrogen (secondary N) is 1. The Bertz CT molecular complexity index is 1040. The summed E-state index contributed by atoms with van der Waals surface area (Å²) in [4.78, 5) is 12.2. The first kappa shape index (κ1) is 16.1. The largest absolute Gasteiger partial charge is 0.352 e. The van der Waals surface area contributed by atoms with E-state index in [4.69, 9.17) is 0 Å². The molecule has 0 atom stereocenters. The van der Waals surface area contributed by atoms with Gasteiger partial charge < -0.3 is 5.32 Å². The number of rotatable bonds is 7. The second-order valence-electron chi connectivity index (χ2n) is 6.01. The topological polar surface area (TPSA) is 102 Å². The molecular weight excluding hydrogens is 332 g/mol. The second kappa shape index (κ2) is 7.26. The van der Waals surface area contributed by atoms with E-state index in [0.29, 0.717) is 17.8 Å². The average Bonchev–Trinajstić information content (AvgIpc) is 3.30. The number of carbonyl (C=O) groups excluding carboxylic acids is 1. The van der Waals surface area contributed by atoms with Crippen LogP contribution in [-0.2, 0) is 6.42 Å². The molecule has 4 aromatic heterocycles. The smallest absolute Gasteiger partial charge is 0.251 e. The summed E-state index contributed by atoms with van der Waals surface area (Å²) in [7, 11) is 0. The van der Waals surface area contributed by atoms with Crippen molar-refractivity contribution in [1.82, 2.24) is 40.0 Å². The van der Waals surface area contributed by atoms with Crippen molar-refractivity contribution in [3.63, 3.8) is 0 Å². The lowest BCUT2D eigenvalue weighted by molar-refractivity contribution is 0.0953. The lowest BCUT2D eigenvalue weighted by atomic mass is 10.2. The van der Waals surface area contributed by atoms with Crippen molar-refractivity contribution in [2.24, 2.45) is 0 Å². The highest BCUT2D eigenvalue weighted by Crippen LogP contribution is 2.08. The SMILES string of the molecule is O=C(NCCCCCc1nnc2ccccn12)c1ccn2nnnc2c1. The maximum absolute atomic E-state index is 12.2. The van der Waals surface area contributed by atoms with Crippen LogP contribution in [0.15, 0.2) is 42.7 Å². The minimum absolute atomic E-state index is 0.112. The van der Waals surface area contributed by atoms with Crippen LogP contribution >= 0.6 is 0 Å². The van der Waals surface area contributed by atoms with E-state index in [1.807, 2.05) is 28.8 Å². The van der Waals surface area contributed by atoms with Crippen LogP contribution in [0.5, 0.6) is 0 Å². The minimum Gasteiger partial charge on any atom is -0.352 e. The van der Waals surface area contributed by atoms with Crippen molar-refractivity contribution >= 4 is 17.2 Å². The molecule has 0 aliphatic carbocycles. The Balaban J connectivity index is 1.21. The first-order valence-electron chi connectivity index (χ1n) is 8.56. The zero-order chi connectivity index (χ0) is 17.8. The monoisotopic (exact) mass is 350 g/mol. The fourth-order valence-electron chi connectivity index (χ4n) is 2.83. The van der Waals surface area contributed by atoms with Crippen LogP contribution in [0.4, 0.5) is 0 Å². The number of amides is 1. The molecule has 0 aliphatic heterocycles. The first-order valence-corrected chi connectivity index (χ1v) is 8.56. The highest BCUT2D eigenvalue weighted by atomic mass is 16.1. The summed E-state index contributed by atoms with van der Waals surface area (Å²) in [5.41, 5.74) is 1.98. The lowest BCUT2D eigenvalue weighted by Crippen LogP contribution is -2.24. The van der Waals surface area contributed by atoms with Crippen LogP contribution in [0, 0.1) is 0 Å². The highest BCUT2D eigenvalue weighted by molar-refractivity contribution is 5.94. The van der Waals surface area contributed by atoms with E-state index < -0.39 is 0 Å². The molecular formula is C17H18N8O. The molecule has 0 fully saturated rings. The summed E-state index contributed by atoms with van der Waals surface area (Å²) in [5, 5.41) is 22.5. The Morgan fingerprint density at radius 3 is 2.92 bits per heavy atom. The summed E-state index contributed by atoms with van der Waals surface area (Å²) >= 11 is 0. The summed E-state index contributed by atoms with van der Waals surface area (Å²) in [6, 6.07) is 9.25. The normalized spacial score (nSPS) is 11.2. The summed E-state index contributed by atoms with van der Waals surface area (Å²) in [6.45, 7) is 0.634. The van der Waals surface area contributed by atoms with Gasteiger partial charge in [-0.15, -0.1) is 15.3 Å². The van der Waals surface area contributed by atoms with Gasteiger partial charge in [-0.3, -0.25) is 9.20 Å².